The second-order valence-electron chi connectivity index (χ2n) is 14.5. The van der Waals surface area contributed by atoms with Crippen molar-refractivity contribution in [2.24, 2.45) is 0 Å². The van der Waals surface area contributed by atoms with Crippen molar-refractivity contribution in [1.82, 2.24) is 0 Å². The molecule has 1 heterocycles. The molecule has 0 aromatic heterocycles. The van der Waals surface area contributed by atoms with Crippen LogP contribution in [-0.2, 0) is 18.9 Å². The average molecular weight is 705 g/mol. The van der Waals surface area contributed by atoms with Crippen LogP contribution in [0.4, 0.5) is 4.79 Å². The molecule has 1 aliphatic rings. The molecule has 0 saturated carbocycles. The van der Waals surface area contributed by atoms with Gasteiger partial charge >= 0.3 is 6.16 Å². The van der Waals surface area contributed by atoms with Crippen LogP contribution in [0.15, 0.2) is 36.5 Å². The van der Waals surface area contributed by atoms with Gasteiger partial charge < -0.3 is 24.1 Å². The van der Waals surface area contributed by atoms with Crippen molar-refractivity contribution in [3.8, 4) is 0 Å². The van der Waals surface area contributed by atoms with E-state index in [9.17, 15) is 4.79 Å². The predicted octanol–water partition coefficient (Wildman–Crippen LogP) is 13.8. The first kappa shape index (κ1) is 46.4. The molecule has 1 N–H and O–H groups in total. The number of allylic oxidation sites excluding steroid dienone is 5. The maximum atomic E-state index is 11.2. The Morgan fingerprint density at radius 1 is 0.660 bits per heavy atom. The largest absolute Gasteiger partial charge is 0.506 e. The van der Waals surface area contributed by atoms with Crippen molar-refractivity contribution in [2.45, 2.75) is 219 Å². The van der Waals surface area contributed by atoms with E-state index in [0.29, 0.717) is 13.2 Å². The summed E-state index contributed by atoms with van der Waals surface area (Å²) in [5.74, 6) is 0. The van der Waals surface area contributed by atoms with Gasteiger partial charge in [-0.2, -0.15) is 0 Å². The Kier molecular flexibility index (Phi) is 34.5. The molecule has 3 unspecified atom stereocenters. The molecule has 0 aromatic rings. The summed E-state index contributed by atoms with van der Waals surface area (Å²) < 4.78 is 23.1. The summed E-state index contributed by atoms with van der Waals surface area (Å²) in [7, 11) is 0. The van der Waals surface area contributed by atoms with Crippen molar-refractivity contribution >= 4 is 6.16 Å². The molecule has 1 saturated heterocycles. The predicted molar refractivity (Wildman–Crippen MR) is 211 cm³/mol. The van der Waals surface area contributed by atoms with Crippen LogP contribution in [0, 0.1) is 0 Å². The number of hydrogen-bond donors (Lipinski definition) is 1. The number of hydrogen-bond acceptors (Lipinski definition) is 5. The van der Waals surface area contributed by atoms with E-state index in [2.05, 4.69) is 50.3 Å². The van der Waals surface area contributed by atoms with Crippen LogP contribution in [0.5, 0.6) is 0 Å². The van der Waals surface area contributed by atoms with E-state index in [1.807, 2.05) is 0 Å². The van der Waals surface area contributed by atoms with Crippen LogP contribution in [0.2, 0.25) is 0 Å². The van der Waals surface area contributed by atoms with Crippen LogP contribution in [0.1, 0.15) is 200 Å². The highest BCUT2D eigenvalue weighted by Gasteiger charge is 2.19. The SMILES string of the molecule is CCCCCC=CCC=CCCCCCCCCOCC(CCCCCCCCC=CCC(CCCCCC)OC1CCCCO1)OC(=O)O. The van der Waals surface area contributed by atoms with Gasteiger partial charge in [-0.1, -0.05) is 140 Å². The van der Waals surface area contributed by atoms with Crippen LogP contribution < -0.4 is 0 Å². The molecule has 0 spiro atoms. The van der Waals surface area contributed by atoms with Crippen LogP contribution in [0.3, 0.4) is 0 Å². The van der Waals surface area contributed by atoms with Gasteiger partial charge in [0.1, 0.15) is 6.10 Å². The van der Waals surface area contributed by atoms with Gasteiger partial charge in [0.25, 0.3) is 0 Å². The third-order valence-electron chi connectivity index (χ3n) is 9.63. The second kappa shape index (κ2) is 37.1. The molecule has 292 valence electrons. The zero-order chi connectivity index (χ0) is 36.0. The minimum atomic E-state index is -1.20. The molecular formula is C44H80O6. The van der Waals surface area contributed by atoms with Gasteiger partial charge in [0.2, 0.25) is 0 Å². The molecular weight excluding hydrogens is 624 g/mol. The molecule has 1 fully saturated rings. The summed E-state index contributed by atoms with van der Waals surface area (Å²) in [4.78, 5) is 11.2. The fourth-order valence-electron chi connectivity index (χ4n) is 6.51. The summed E-state index contributed by atoms with van der Waals surface area (Å²) in [6.07, 6.45) is 46.8. The summed E-state index contributed by atoms with van der Waals surface area (Å²) in [5.41, 5.74) is 0. The fraction of sp³-hybridized carbons (Fsp3) is 0.841. The Balaban J connectivity index is 2.01. The van der Waals surface area contributed by atoms with Gasteiger partial charge in [-0.25, -0.2) is 4.79 Å². The molecule has 1 aliphatic heterocycles. The van der Waals surface area contributed by atoms with Crippen molar-refractivity contribution < 1.29 is 28.8 Å². The first-order valence-corrected chi connectivity index (χ1v) is 21.3. The highest BCUT2D eigenvalue weighted by Crippen LogP contribution is 2.21. The molecule has 0 aliphatic carbocycles. The van der Waals surface area contributed by atoms with Crippen molar-refractivity contribution in [1.29, 1.82) is 0 Å². The lowest BCUT2D eigenvalue weighted by Gasteiger charge is -2.27. The molecule has 1 rings (SSSR count). The summed E-state index contributed by atoms with van der Waals surface area (Å²) in [5, 5.41) is 9.16. The summed E-state index contributed by atoms with van der Waals surface area (Å²) >= 11 is 0. The van der Waals surface area contributed by atoms with E-state index in [0.717, 1.165) is 70.8 Å². The first-order chi connectivity index (χ1) is 24.7. The first-order valence-electron chi connectivity index (χ1n) is 21.3. The molecule has 0 bridgehead atoms. The molecule has 6 heteroatoms. The third kappa shape index (κ3) is 32.3. The molecule has 0 amide bonds. The Bertz CT molecular complexity index is 802. The monoisotopic (exact) mass is 705 g/mol. The standard InChI is InChI=1S/C44H80O6/c1-3-5-7-9-10-11-12-13-14-15-16-17-21-24-27-32-38-47-40-42(50-44(45)46)36-30-26-23-20-18-19-22-25-29-35-41(34-28-8-6-4-2)49-43-37-31-33-39-48-43/h10-11,13-14,25,29,41-43H,3-9,12,15-24,26-28,30-40H2,1-2H3,(H,45,46). The van der Waals surface area contributed by atoms with Crippen molar-refractivity contribution in [3.63, 3.8) is 0 Å². The minimum absolute atomic E-state index is 0.00224. The van der Waals surface area contributed by atoms with E-state index in [4.69, 9.17) is 24.1 Å². The van der Waals surface area contributed by atoms with Gasteiger partial charge in [-0.3, -0.25) is 0 Å². The fourth-order valence-corrected chi connectivity index (χ4v) is 6.51. The Morgan fingerprint density at radius 3 is 1.82 bits per heavy atom. The van der Waals surface area contributed by atoms with E-state index < -0.39 is 6.16 Å². The Morgan fingerprint density at radius 2 is 1.20 bits per heavy atom. The number of unbranched alkanes of at least 4 members (excludes halogenated alkanes) is 18. The van der Waals surface area contributed by atoms with Gasteiger partial charge in [-0.05, 0) is 96.3 Å². The smallest absolute Gasteiger partial charge is 0.450 e. The molecule has 3 atom stereocenters. The maximum absolute atomic E-state index is 11.2. The van der Waals surface area contributed by atoms with Crippen LogP contribution in [-0.4, -0.2) is 49.6 Å². The lowest BCUT2D eigenvalue weighted by atomic mass is 10.0. The number of ether oxygens (including phenoxy) is 4. The molecule has 6 nitrogen and oxygen atoms in total. The zero-order valence-electron chi connectivity index (χ0n) is 32.8. The van der Waals surface area contributed by atoms with Crippen LogP contribution >= 0.6 is 0 Å². The Labute approximate surface area is 309 Å². The highest BCUT2D eigenvalue weighted by atomic mass is 16.7. The molecule has 50 heavy (non-hydrogen) atoms. The average Bonchev–Trinajstić information content (AvgIpc) is 3.11. The lowest BCUT2D eigenvalue weighted by Crippen LogP contribution is -2.27. The molecule has 0 aromatic carbocycles. The topological polar surface area (TPSA) is 74.2 Å². The van der Waals surface area contributed by atoms with Crippen LogP contribution in [0.25, 0.3) is 0 Å². The number of carboxylic acid groups (broad SMARTS) is 1. The number of rotatable bonds is 36. The van der Waals surface area contributed by atoms with Gasteiger partial charge in [0.15, 0.2) is 6.29 Å². The van der Waals surface area contributed by atoms with E-state index in [1.54, 1.807) is 0 Å². The van der Waals surface area contributed by atoms with E-state index >= 15 is 0 Å². The van der Waals surface area contributed by atoms with E-state index in [1.165, 1.54) is 122 Å². The highest BCUT2D eigenvalue weighted by molar-refractivity contribution is 5.57. The lowest BCUT2D eigenvalue weighted by molar-refractivity contribution is -0.188. The summed E-state index contributed by atoms with van der Waals surface area (Å²) in [6, 6.07) is 0. The van der Waals surface area contributed by atoms with Gasteiger partial charge in [0.05, 0.1) is 12.7 Å². The maximum Gasteiger partial charge on any atom is 0.506 e. The Hall–Kier alpha value is -1.63. The minimum Gasteiger partial charge on any atom is -0.450 e. The molecule has 0 radical (unpaired) electrons. The summed E-state index contributed by atoms with van der Waals surface area (Å²) in [6.45, 7) is 6.41. The van der Waals surface area contributed by atoms with Crippen molar-refractivity contribution in [3.05, 3.63) is 36.5 Å². The van der Waals surface area contributed by atoms with Gasteiger partial charge in [0, 0.05) is 13.2 Å². The third-order valence-corrected chi connectivity index (χ3v) is 9.63. The van der Waals surface area contributed by atoms with Gasteiger partial charge in [-0.15, -0.1) is 0 Å². The van der Waals surface area contributed by atoms with E-state index in [-0.39, 0.29) is 18.5 Å². The zero-order valence-corrected chi connectivity index (χ0v) is 32.8. The normalized spacial score (nSPS) is 16.6. The second-order valence-corrected chi connectivity index (χ2v) is 14.5. The number of carbonyl (C=O) groups is 1. The quantitative estimate of drug-likeness (QED) is 0.0397. The van der Waals surface area contributed by atoms with Crippen molar-refractivity contribution in [2.75, 3.05) is 19.8 Å².